The van der Waals surface area contributed by atoms with Gasteiger partial charge in [-0.25, -0.2) is 9.79 Å². The van der Waals surface area contributed by atoms with E-state index in [1.807, 2.05) is 36.7 Å². The van der Waals surface area contributed by atoms with Gasteiger partial charge in [0.25, 0.3) is 0 Å². The Morgan fingerprint density at radius 1 is 1.67 bits per heavy atom. The Balaban J connectivity index is 2.27. The predicted octanol–water partition coefficient (Wildman–Crippen LogP) is -0.290. The Kier molecular flexibility index (Phi) is 5.30. The third-order valence-corrected chi connectivity index (χ3v) is 3.75. The van der Waals surface area contributed by atoms with Crippen molar-refractivity contribution in [2.24, 2.45) is 4.99 Å². The third kappa shape index (κ3) is 3.78. The van der Waals surface area contributed by atoms with Gasteiger partial charge in [0.1, 0.15) is 12.3 Å². The predicted molar refractivity (Wildman–Crippen MR) is 84.7 cm³/mol. The van der Waals surface area contributed by atoms with Crippen LogP contribution in [-0.4, -0.2) is 63.9 Å². The molecule has 21 heavy (non-hydrogen) atoms. The molecule has 1 fully saturated rings. The maximum absolute atomic E-state index is 12.1. The molecular formula is C12H17IN4O4. The Bertz CT molecular complexity index is 589. The molecule has 9 heteroatoms. The Morgan fingerprint density at radius 2 is 2.38 bits per heavy atom. The molecule has 0 amide bonds. The van der Waals surface area contributed by atoms with E-state index in [4.69, 9.17) is 9.84 Å². The fraction of sp³-hybridized carbons (Fsp3) is 0.583. The maximum atomic E-state index is 12.1. The molecule has 0 aliphatic carbocycles. The summed E-state index contributed by atoms with van der Waals surface area (Å²) in [6, 6.07) is 0. The van der Waals surface area contributed by atoms with Gasteiger partial charge in [0, 0.05) is 26.7 Å². The summed E-state index contributed by atoms with van der Waals surface area (Å²) >= 11 is 2.03. The van der Waals surface area contributed by atoms with Crippen LogP contribution < -0.4 is 5.69 Å². The number of halogens is 1. The standard InChI is InChI=1S/C12H17IN4O4/c1-16(2)6-14-11-7(13)4-17(12(20)15-11)10-3-8(19)9(5-18)21-10/h4,6,8-10,18-19H,3,5H2,1-2H3/t8?,9-,10-/m1/s1. The lowest BCUT2D eigenvalue weighted by atomic mass is 10.2. The van der Waals surface area contributed by atoms with E-state index in [0.29, 0.717) is 9.39 Å². The van der Waals surface area contributed by atoms with E-state index in [2.05, 4.69) is 9.98 Å². The van der Waals surface area contributed by atoms with Crippen molar-refractivity contribution in [3.8, 4) is 0 Å². The van der Waals surface area contributed by atoms with Crippen LogP contribution in [0.3, 0.4) is 0 Å². The maximum Gasteiger partial charge on any atom is 0.351 e. The van der Waals surface area contributed by atoms with Crippen LogP contribution in [0.2, 0.25) is 0 Å². The lowest BCUT2D eigenvalue weighted by molar-refractivity contribution is -0.0459. The van der Waals surface area contributed by atoms with Crippen LogP contribution >= 0.6 is 22.6 Å². The zero-order valence-electron chi connectivity index (χ0n) is 11.7. The number of nitrogens with zero attached hydrogens (tertiary/aromatic N) is 4. The first-order chi connectivity index (χ1) is 9.92. The highest BCUT2D eigenvalue weighted by atomic mass is 127. The van der Waals surface area contributed by atoms with Crippen LogP contribution in [-0.2, 0) is 4.74 Å². The van der Waals surface area contributed by atoms with Gasteiger partial charge in [0.2, 0.25) is 0 Å². The summed E-state index contributed by atoms with van der Waals surface area (Å²) in [6.07, 6.45) is 1.30. The van der Waals surface area contributed by atoms with E-state index < -0.39 is 24.1 Å². The largest absolute Gasteiger partial charge is 0.394 e. The topological polar surface area (TPSA) is 100 Å². The molecule has 1 aliphatic heterocycles. The van der Waals surface area contributed by atoms with Crippen molar-refractivity contribution >= 4 is 34.7 Å². The van der Waals surface area contributed by atoms with Crippen molar-refractivity contribution in [1.29, 1.82) is 0 Å². The number of hydrogen-bond acceptors (Lipinski definition) is 6. The number of ether oxygens (including phenoxy) is 1. The average molecular weight is 408 g/mol. The smallest absolute Gasteiger partial charge is 0.351 e. The minimum absolute atomic E-state index is 0.239. The molecule has 1 aromatic rings. The number of rotatable bonds is 4. The molecule has 8 nitrogen and oxygen atoms in total. The van der Waals surface area contributed by atoms with Crippen LogP contribution in [0, 0.1) is 3.57 Å². The molecule has 0 saturated carbocycles. The fourth-order valence-electron chi connectivity index (χ4n) is 1.95. The second-order valence-corrected chi connectivity index (χ2v) is 6.09. The summed E-state index contributed by atoms with van der Waals surface area (Å²) in [5.74, 6) is 0.336. The van der Waals surface area contributed by atoms with E-state index in [0.717, 1.165) is 0 Å². The second kappa shape index (κ2) is 6.81. The van der Waals surface area contributed by atoms with Crippen LogP contribution in [0.25, 0.3) is 0 Å². The van der Waals surface area contributed by atoms with Crippen molar-refractivity contribution in [3.63, 3.8) is 0 Å². The van der Waals surface area contributed by atoms with Gasteiger partial charge in [-0.3, -0.25) is 4.57 Å². The van der Waals surface area contributed by atoms with E-state index in [-0.39, 0.29) is 13.0 Å². The lowest BCUT2D eigenvalue weighted by Gasteiger charge is -2.15. The molecule has 2 N–H and O–H groups in total. The summed E-state index contributed by atoms with van der Waals surface area (Å²) in [7, 11) is 3.64. The van der Waals surface area contributed by atoms with Gasteiger partial charge >= 0.3 is 5.69 Å². The highest BCUT2D eigenvalue weighted by Crippen LogP contribution is 2.28. The summed E-state index contributed by atoms with van der Waals surface area (Å²) < 4.78 is 7.46. The molecule has 0 radical (unpaired) electrons. The molecule has 2 heterocycles. The first-order valence-corrected chi connectivity index (χ1v) is 7.44. The van der Waals surface area contributed by atoms with Gasteiger partial charge in [-0.15, -0.1) is 0 Å². The van der Waals surface area contributed by atoms with Gasteiger partial charge in [-0.2, -0.15) is 4.98 Å². The quantitative estimate of drug-likeness (QED) is 0.404. The lowest BCUT2D eigenvalue weighted by Crippen LogP contribution is -2.28. The highest BCUT2D eigenvalue weighted by Gasteiger charge is 2.35. The number of aliphatic hydroxyl groups excluding tert-OH is 2. The number of hydrogen-bond donors (Lipinski definition) is 2. The molecule has 2 rings (SSSR count). The van der Waals surface area contributed by atoms with Gasteiger partial charge in [-0.05, 0) is 22.6 Å². The molecule has 3 atom stereocenters. The van der Waals surface area contributed by atoms with E-state index in [1.165, 1.54) is 4.57 Å². The van der Waals surface area contributed by atoms with E-state index >= 15 is 0 Å². The van der Waals surface area contributed by atoms with Crippen molar-refractivity contribution in [3.05, 3.63) is 20.3 Å². The summed E-state index contributed by atoms with van der Waals surface area (Å²) in [6.45, 7) is -0.290. The highest BCUT2D eigenvalue weighted by molar-refractivity contribution is 14.1. The zero-order chi connectivity index (χ0) is 15.6. The SMILES string of the molecule is CN(C)C=Nc1nc(=O)n([C@H]2CC(O)[C@@H](CO)O2)cc1I. The molecule has 1 aromatic heterocycles. The molecule has 0 bridgehead atoms. The second-order valence-electron chi connectivity index (χ2n) is 4.93. The molecule has 1 unspecified atom stereocenters. The minimum Gasteiger partial charge on any atom is -0.394 e. The van der Waals surface area contributed by atoms with Crippen molar-refractivity contribution in [2.75, 3.05) is 20.7 Å². The molecule has 116 valence electrons. The zero-order valence-corrected chi connectivity index (χ0v) is 13.8. The van der Waals surface area contributed by atoms with Crippen LogP contribution in [0.15, 0.2) is 16.0 Å². The Hall–Kier alpha value is -1.04. The molecule has 0 spiro atoms. The summed E-state index contributed by atoms with van der Waals surface area (Å²) in [5.41, 5.74) is -0.503. The van der Waals surface area contributed by atoms with Gasteiger partial charge in [-0.1, -0.05) is 0 Å². The molecule has 1 aliphatic rings. The van der Waals surface area contributed by atoms with Crippen LogP contribution in [0.4, 0.5) is 5.82 Å². The van der Waals surface area contributed by atoms with Crippen molar-refractivity contribution in [2.45, 2.75) is 24.9 Å². The Labute approximate surface area is 135 Å². The minimum atomic E-state index is -0.795. The van der Waals surface area contributed by atoms with Gasteiger partial charge in [0.15, 0.2) is 5.82 Å². The first-order valence-electron chi connectivity index (χ1n) is 6.36. The van der Waals surface area contributed by atoms with Gasteiger partial charge in [0.05, 0.1) is 22.6 Å². The molecular weight excluding hydrogens is 391 g/mol. The number of aliphatic imine (C=N–C) groups is 1. The molecule has 1 saturated heterocycles. The summed E-state index contributed by atoms with van der Waals surface area (Å²) in [5, 5.41) is 18.8. The monoisotopic (exact) mass is 408 g/mol. The average Bonchev–Trinajstić information content (AvgIpc) is 2.80. The van der Waals surface area contributed by atoms with Crippen molar-refractivity contribution < 1.29 is 14.9 Å². The van der Waals surface area contributed by atoms with Gasteiger partial charge < -0.3 is 19.8 Å². The van der Waals surface area contributed by atoms with Crippen molar-refractivity contribution in [1.82, 2.24) is 14.5 Å². The van der Waals surface area contributed by atoms with E-state index in [1.54, 1.807) is 17.4 Å². The summed E-state index contributed by atoms with van der Waals surface area (Å²) in [4.78, 5) is 21.8. The fourth-order valence-corrected chi connectivity index (χ4v) is 2.51. The van der Waals surface area contributed by atoms with Crippen LogP contribution in [0.1, 0.15) is 12.6 Å². The first kappa shape index (κ1) is 16.3. The molecule has 0 aromatic carbocycles. The third-order valence-electron chi connectivity index (χ3n) is 2.99. The van der Waals surface area contributed by atoms with E-state index in [9.17, 15) is 9.90 Å². The Morgan fingerprint density at radius 3 is 2.95 bits per heavy atom. The number of aliphatic hydroxyl groups is 2. The van der Waals surface area contributed by atoms with Crippen LogP contribution in [0.5, 0.6) is 0 Å². The normalized spacial score (nSPS) is 25.7. The number of aromatic nitrogens is 2.